The lowest BCUT2D eigenvalue weighted by Gasteiger charge is -2.37. The van der Waals surface area contributed by atoms with Crippen LogP contribution in [0.25, 0.3) is 0 Å². The van der Waals surface area contributed by atoms with Crippen molar-refractivity contribution in [3.05, 3.63) is 57.8 Å². The molecule has 2 heterocycles. The molecule has 8 heteroatoms. The van der Waals surface area contributed by atoms with Gasteiger partial charge in [-0.05, 0) is 62.8 Å². The number of allylic oxidation sites excluding steroid dienone is 3. The number of benzene rings is 1. The molecule has 1 aromatic carbocycles. The van der Waals surface area contributed by atoms with Gasteiger partial charge < -0.3 is 15.1 Å². The third-order valence-electron chi connectivity index (χ3n) is 7.77. The van der Waals surface area contributed by atoms with Gasteiger partial charge in [0.05, 0.1) is 4.92 Å². The standard InChI is InChI=1S/C28H41N5O3/c1-3-23-21-25(8-11-27(23)33(35)36)29-24-12-15-32(16-13-24)28(34)5-4-14-30-17-19-31(20-18-30)26-9-6-22(2)7-10-26/h6,8-11,21-22,24,29H,3-5,7,12-20H2,1-2H3. The van der Waals surface area contributed by atoms with Crippen LogP contribution in [0.15, 0.2) is 42.1 Å². The van der Waals surface area contributed by atoms with Crippen LogP contribution in [-0.4, -0.2) is 77.4 Å². The fraction of sp³-hybridized carbons (Fsp3) is 0.607. The molecular weight excluding hydrogens is 454 g/mol. The van der Waals surface area contributed by atoms with Crippen LogP contribution in [0.1, 0.15) is 51.5 Å². The average molecular weight is 496 g/mol. The van der Waals surface area contributed by atoms with E-state index in [-0.39, 0.29) is 22.6 Å². The molecule has 1 amide bonds. The van der Waals surface area contributed by atoms with Gasteiger partial charge in [-0.1, -0.05) is 26.0 Å². The number of carbonyl (C=O) groups is 1. The van der Waals surface area contributed by atoms with E-state index in [2.05, 4.69) is 40.3 Å². The highest BCUT2D eigenvalue weighted by Gasteiger charge is 2.24. The van der Waals surface area contributed by atoms with Crippen molar-refractivity contribution in [2.75, 3.05) is 51.1 Å². The Bertz CT molecular complexity index is 975. The minimum atomic E-state index is -0.320. The number of hydrogen-bond acceptors (Lipinski definition) is 6. The number of anilines is 1. The summed E-state index contributed by atoms with van der Waals surface area (Å²) in [6.07, 6.45) is 12.0. The molecule has 3 aliphatic rings. The first kappa shape index (κ1) is 26.2. The lowest BCUT2D eigenvalue weighted by atomic mass is 10.0. The van der Waals surface area contributed by atoms with Crippen molar-refractivity contribution in [3.8, 4) is 0 Å². The van der Waals surface area contributed by atoms with Crippen LogP contribution in [0, 0.1) is 16.0 Å². The van der Waals surface area contributed by atoms with Crippen molar-refractivity contribution >= 4 is 17.3 Å². The summed E-state index contributed by atoms with van der Waals surface area (Å²) < 4.78 is 0. The molecule has 8 nitrogen and oxygen atoms in total. The Morgan fingerprint density at radius 1 is 1.14 bits per heavy atom. The number of carbonyl (C=O) groups excluding carboxylic acids is 1. The molecule has 0 aromatic heterocycles. The van der Waals surface area contributed by atoms with Crippen molar-refractivity contribution < 1.29 is 9.72 Å². The Balaban J connectivity index is 1.13. The van der Waals surface area contributed by atoms with E-state index in [1.807, 2.05) is 17.9 Å². The number of nitrogens with zero attached hydrogens (tertiary/aromatic N) is 4. The minimum Gasteiger partial charge on any atom is -0.382 e. The van der Waals surface area contributed by atoms with Gasteiger partial charge in [0.15, 0.2) is 0 Å². The molecule has 4 rings (SSSR count). The largest absolute Gasteiger partial charge is 0.382 e. The monoisotopic (exact) mass is 495 g/mol. The molecule has 1 aromatic rings. The summed E-state index contributed by atoms with van der Waals surface area (Å²) in [6.45, 7) is 11.0. The Morgan fingerprint density at radius 2 is 1.89 bits per heavy atom. The molecule has 2 saturated heterocycles. The second-order valence-corrected chi connectivity index (χ2v) is 10.4. The summed E-state index contributed by atoms with van der Waals surface area (Å²) in [5.41, 5.74) is 3.23. The highest BCUT2D eigenvalue weighted by atomic mass is 16.6. The summed E-state index contributed by atoms with van der Waals surface area (Å²) in [4.78, 5) is 30.6. The number of nitro groups is 1. The summed E-state index contributed by atoms with van der Waals surface area (Å²) in [7, 11) is 0. The Kier molecular flexibility index (Phi) is 9.02. The summed E-state index contributed by atoms with van der Waals surface area (Å²) in [5, 5.41) is 14.7. The van der Waals surface area contributed by atoms with Crippen molar-refractivity contribution in [2.45, 2.75) is 58.4 Å². The SMILES string of the molecule is CCc1cc(NC2CCN(C(=O)CCCN3CCN(C4=CCC(C)C=C4)CC3)CC2)ccc1[N+](=O)[O-]. The number of hydrogen-bond donors (Lipinski definition) is 1. The zero-order valence-electron chi connectivity index (χ0n) is 21.8. The van der Waals surface area contributed by atoms with E-state index < -0.39 is 0 Å². The first-order valence-corrected chi connectivity index (χ1v) is 13.6. The quantitative estimate of drug-likeness (QED) is 0.403. The van der Waals surface area contributed by atoms with E-state index in [0.29, 0.717) is 18.8 Å². The normalized spacial score (nSPS) is 21.4. The van der Waals surface area contributed by atoms with Crippen molar-refractivity contribution in [1.29, 1.82) is 0 Å². The lowest BCUT2D eigenvalue weighted by Crippen LogP contribution is -2.46. The van der Waals surface area contributed by atoms with Gasteiger partial charge in [-0.3, -0.25) is 19.8 Å². The second-order valence-electron chi connectivity index (χ2n) is 10.4. The van der Waals surface area contributed by atoms with Crippen LogP contribution in [-0.2, 0) is 11.2 Å². The van der Waals surface area contributed by atoms with Gasteiger partial charge in [0, 0.05) is 74.7 Å². The molecule has 1 aliphatic carbocycles. The molecule has 1 N–H and O–H groups in total. The molecule has 0 radical (unpaired) electrons. The Morgan fingerprint density at radius 3 is 2.53 bits per heavy atom. The highest BCUT2D eigenvalue weighted by molar-refractivity contribution is 5.76. The van der Waals surface area contributed by atoms with Crippen LogP contribution in [0.2, 0.25) is 0 Å². The van der Waals surface area contributed by atoms with E-state index >= 15 is 0 Å². The van der Waals surface area contributed by atoms with Crippen LogP contribution in [0.3, 0.4) is 0 Å². The molecule has 0 saturated carbocycles. The van der Waals surface area contributed by atoms with E-state index in [9.17, 15) is 14.9 Å². The number of piperidine rings is 1. The summed E-state index contributed by atoms with van der Waals surface area (Å²) in [6, 6.07) is 5.55. The van der Waals surface area contributed by atoms with Gasteiger partial charge in [0.2, 0.25) is 5.91 Å². The summed E-state index contributed by atoms with van der Waals surface area (Å²) in [5.74, 6) is 0.918. The van der Waals surface area contributed by atoms with Crippen LogP contribution >= 0.6 is 0 Å². The Hall–Kier alpha value is -2.87. The molecule has 1 unspecified atom stereocenters. The number of likely N-dealkylation sites (tertiary alicyclic amines) is 1. The van der Waals surface area contributed by atoms with E-state index in [1.54, 1.807) is 12.1 Å². The first-order chi connectivity index (χ1) is 17.4. The van der Waals surface area contributed by atoms with Gasteiger partial charge >= 0.3 is 0 Å². The van der Waals surface area contributed by atoms with Gasteiger partial charge in [-0.15, -0.1) is 0 Å². The number of aryl methyl sites for hydroxylation is 1. The van der Waals surface area contributed by atoms with Crippen LogP contribution < -0.4 is 5.32 Å². The fourth-order valence-electron chi connectivity index (χ4n) is 5.44. The molecule has 2 aliphatic heterocycles. The third-order valence-corrected chi connectivity index (χ3v) is 7.77. The van der Waals surface area contributed by atoms with E-state index in [1.165, 1.54) is 5.70 Å². The third kappa shape index (κ3) is 6.87. The van der Waals surface area contributed by atoms with Crippen LogP contribution in [0.5, 0.6) is 0 Å². The minimum absolute atomic E-state index is 0.179. The number of nitro benzene ring substituents is 1. The van der Waals surface area contributed by atoms with Gasteiger partial charge in [-0.2, -0.15) is 0 Å². The molecule has 36 heavy (non-hydrogen) atoms. The van der Waals surface area contributed by atoms with E-state index in [4.69, 9.17) is 0 Å². The van der Waals surface area contributed by atoms with Gasteiger partial charge in [0.25, 0.3) is 5.69 Å². The Labute approximate surface area is 215 Å². The average Bonchev–Trinajstić information content (AvgIpc) is 2.89. The second kappa shape index (κ2) is 12.4. The van der Waals surface area contributed by atoms with Gasteiger partial charge in [-0.25, -0.2) is 0 Å². The van der Waals surface area contributed by atoms with E-state index in [0.717, 1.165) is 82.7 Å². The zero-order valence-corrected chi connectivity index (χ0v) is 21.8. The molecular formula is C28H41N5O3. The molecule has 1 atom stereocenters. The maximum absolute atomic E-state index is 12.8. The predicted octanol–water partition coefficient (Wildman–Crippen LogP) is 4.44. The molecule has 196 valence electrons. The predicted molar refractivity (Wildman–Crippen MR) is 144 cm³/mol. The maximum atomic E-state index is 12.8. The van der Waals surface area contributed by atoms with Crippen molar-refractivity contribution in [2.24, 2.45) is 5.92 Å². The smallest absolute Gasteiger partial charge is 0.272 e. The number of amides is 1. The first-order valence-electron chi connectivity index (χ1n) is 13.6. The number of rotatable bonds is 9. The van der Waals surface area contributed by atoms with Gasteiger partial charge in [0.1, 0.15) is 0 Å². The lowest BCUT2D eigenvalue weighted by molar-refractivity contribution is -0.385. The topological polar surface area (TPSA) is 82.0 Å². The number of piperazine rings is 1. The zero-order chi connectivity index (χ0) is 25.5. The fourth-order valence-corrected chi connectivity index (χ4v) is 5.44. The number of nitrogens with one attached hydrogen (secondary N) is 1. The van der Waals surface area contributed by atoms with Crippen molar-refractivity contribution in [3.63, 3.8) is 0 Å². The molecule has 0 bridgehead atoms. The summed E-state index contributed by atoms with van der Waals surface area (Å²) >= 11 is 0. The van der Waals surface area contributed by atoms with Crippen LogP contribution in [0.4, 0.5) is 11.4 Å². The maximum Gasteiger partial charge on any atom is 0.272 e. The molecule has 2 fully saturated rings. The van der Waals surface area contributed by atoms with Crippen molar-refractivity contribution in [1.82, 2.24) is 14.7 Å². The molecule has 0 spiro atoms. The highest BCUT2D eigenvalue weighted by Crippen LogP contribution is 2.25.